The van der Waals surface area contributed by atoms with E-state index in [0.717, 1.165) is 17.7 Å². The lowest BCUT2D eigenvalue weighted by molar-refractivity contribution is -0.121. The zero-order valence-electron chi connectivity index (χ0n) is 13.5. The first-order chi connectivity index (χ1) is 11.9. The third-order valence-corrected chi connectivity index (χ3v) is 3.83. The second kappa shape index (κ2) is 6.88. The van der Waals surface area contributed by atoms with Gasteiger partial charge in [-0.15, -0.1) is 0 Å². The molecule has 3 rings (SSSR count). The van der Waals surface area contributed by atoms with Gasteiger partial charge >= 0.3 is 0 Å². The Morgan fingerprint density at radius 2 is 2.04 bits per heavy atom. The van der Waals surface area contributed by atoms with Crippen molar-refractivity contribution in [2.24, 2.45) is 0 Å². The van der Waals surface area contributed by atoms with Crippen LogP contribution in [0.15, 0.2) is 36.4 Å². The molecule has 0 aromatic heterocycles. The lowest BCUT2D eigenvalue weighted by atomic mass is 10.1. The van der Waals surface area contributed by atoms with Crippen molar-refractivity contribution in [2.45, 2.75) is 13.3 Å². The number of hydrogen-bond donors (Lipinski definition) is 1. The van der Waals surface area contributed by atoms with Gasteiger partial charge in [-0.2, -0.15) is 0 Å². The molecule has 0 saturated heterocycles. The Morgan fingerprint density at radius 3 is 2.80 bits per heavy atom. The van der Waals surface area contributed by atoms with Crippen LogP contribution in [0.2, 0.25) is 0 Å². The van der Waals surface area contributed by atoms with Crippen LogP contribution in [0.3, 0.4) is 0 Å². The molecular weight excluding hydrogens is 330 g/mol. The normalized spacial score (nSPS) is 13.2. The second-order valence-electron chi connectivity index (χ2n) is 5.73. The number of benzene rings is 2. The van der Waals surface area contributed by atoms with E-state index in [1.807, 2.05) is 19.1 Å². The van der Waals surface area contributed by atoms with Crippen LogP contribution in [-0.4, -0.2) is 25.0 Å². The number of nitrogens with one attached hydrogen (secondary N) is 1. The van der Waals surface area contributed by atoms with E-state index < -0.39 is 17.5 Å². The largest absolute Gasteiger partial charge is 0.482 e. The van der Waals surface area contributed by atoms with Crippen LogP contribution in [0.5, 0.6) is 5.75 Å². The number of halogens is 2. The van der Waals surface area contributed by atoms with Gasteiger partial charge in [0.2, 0.25) is 5.91 Å². The van der Waals surface area contributed by atoms with Gasteiger partial charge in [0.25, 0.3) is 5.91 Å². The van der Waals surface area contributed by atoms with E-state index in [0.29, 0.717) is 17.5 Å². The molecule has 2 amide bonds. The van der Waals surface area contributed by atoms with E-state index >= 15 is 0 Å². The Hall–Kier alpha value is -2.96. The highest BCUT2D eigenvalue weighted by Gasteiger charge is 2.26. The summed E-state index contributed by atoms with van der Waals surface area (Å²) in [6, 6.07) is 8.36. The molecule has 0 radical (unpaired) electrons. The quantitative estimate of drug-likeness (QED) is 0.926. The van der Waals surface area contributed by atoms with Crippen molar-refractivity contribution in [2.75, 3.05) is 23.4 Å². The lowest BCUT2D eigenvalue weighted by Gasteiger charge is -2.29. The molecule has 5 nitrogen and oxygen atoms in total. The number of hydrogen-bond acceptors (Lipinski definition) is 3. The van der Waals surface area contributed by atoms with Gasteiger partial charge in [-0.05, 0) is 36.8 Å². The molecule has 2 aromatic carbocycles. The van der Waals surface area contributed by atoms with Crippen LogP contribution in [-0.2, 0) is 9.59 Å². The fourth-order valence-corrected chi connectivity index (χ4v) is 2.57. The van der Waals surface area contributed by atoms with Crippen molar-refractivity contribution in [1.29, 1.82) is 0 Å². The highest BCUT2D eigenvalue weighted by atomic mass is 19.1. The molecule has 0 bridgehead atoms. The van der Waals surface area contributed by atoms with Crippen LogP contribution in [0.25, 0.3) is 0 Å². The van der Waals surface area contributed by atoms with Gasteiger partial charge in [-0.3, -0.25) is 9.59 Å². The van der Waals surface area contributed by atoms with E-state index in [4.69, 9.17) is 4.74 Å². The van der Waals surface area contributed by atoms with Crippen LogP contribution >= 0.6 is 0 Å². The van der Waals surface area contributed by atoms with Gasteiger partial charge in [0.15, 0.2) is 6.61 Å². The van der Waals surface area contributed by atoms with Crippen molar-refractivity contribution >= 4 is 23.2 Å². The van der Waals surface area contributed by atoms with E-state index in [9.17, 15) is 18.4 Å². The molecule has 25 heavy (non-hydrogen) atoms. The van der Waals surface area contributed by atoms with Gasteiger partial charge in [0.05, 0.1) is 11.4 Å². The Kier molecular flexibility index (Phi) is 4.65. The molecule has 130 valence electrons. The minimum Gasteiger partial charge on any atom is -0.482 e. The summed E-state index contributed by atoms with van der Waals surface area (Å²) in [6.45, 7) is 1.93. The van der Waals surface area contributed by atoms with Gasteiger partial charge < -0.3 is 15.0 Å². The summed E-state index contributed by atoms with van der Waals surface area (Å²) >= 11 is 0. The van der Waals surface area contributed by atoms with Gasteiger partial charge in [0, 0.05) is 19.0 Å². The van der Waals surface area contributed by atoms with Crippen molar-refractivity contribution in [3.05, 3.63) is 53.6 Å². The predicted molar refractivity (Wildman–Crippen MR) is 88.6 cm³/mol. The van der Waals surface area contributed by atoms with E-state index in [1.54, 1.807) is 6.07 Å². The molecule has 0 aliphatic carbocycles. The summed E-state index contributed by atoms with van der Waals surface area (Å²) in [5.74, 6) is -1.72. The first-order valence-electron chi connectivity index (χ1n) is 7.73. The fourth-order valence-electron chi connectivity index (χ4n) is 2.57. The molecule has 0 fully saturated rings. The Labute approximate surface area is 143 Å². The third kappa shape index (κ3) is 3.76. The first-order valence-corrected chi connectivity index (χ1v) is 7.73. The molecule has 1 N–H and O–H groups in total. The summed E-state index contributed by atoms with van der Waals surface area (Å²) < 4.78 is 31.8. The van der Waals surface area contributed by atoms with E-state index in [2.05, 4.69) is 5.32 Å². The smallest absolute Gasteiger partial charge is 0.265 e. The van der Waals surface area contributed by atoms with Crippen molar-refractivity contribution < 1.29 is 23.1 Å². The fraction of sp³-hybridized carbons (Fsp3) is 0.222. The van der Waals surface area contributed by atoms with Gasteiger partial charge in [0.1, 0.15) is 17.4 Å². The zero-order chi connectivity index (χ0) is 18.0. The minimum absolute atomic E-state index is 0.0318. The summed E-state index contributed by atoms with van der Waals surface area (Å²) in [5.41, 5.74) is 1.47. The third-order valence-electron chi connectivity index (χ3n) is 3.83. The average molecular weight is 346 g/mol. The minimum atomic E-state index is -0.850. The van der Waals surface area contributed by atoms with Crippen LogP contribution in [0, 0.1) is 18.6 Å². The lowest BCUT2D eigenvalue weighted by Crippen LogP contribution is -2.40. The molecule has 1 heterocycles. The maximum absolute atomic E-state index is 13.6. The highest BCUT2D eigenvalue weighted by molar-refractivity contribution is 5.99. The monoisotopic (exact) mass is 346 g/mol. The van der Waals surface area contributed by atoms with Crippen molar-refractivity contribution in [3.63, 3.8) is 0 Å². The summed E-state index contributed by atoms with van der Waals surface area (Å²) in [6.07, 6.45) is -0.0318. The second-order valence-corrected chi connectivity index (χ2v) is 5.73. The zero-order valence-corrected chi connectivity index (χ0v) is 13.5. The average Bonchev–Trinajstić information content (AvgIpc) is 2.56. The molecular formula is C18H16F2N2O3. The summed E-state index contributed by atoms with van der Waals surface area (Å²) in [7, 11) is 0. The number of amides is 2. The summed E-state index contributed by atoms with van der Waals surface area (Å²) in [4.78, 5) is 25.6. The number of ether oxygens (including phenoxy) is 1. The van der Waals surface area contributed by atoms with E-state index in [-0.39, 0.29) is 31.2 Å². The van der Waals surface area contributed by atoms with Gasteiger partial charge in [-0.25, -0.2) is 8.78 Å². The molecule has 0 atom stereocenters. The Bertz CT molecular complexity index is 839. The number of fused-ring (bicyclic) bond motifs is 1. The topological polar surface area (TPSA) is 58.6 Å². The SMILES string of the molecule is Cc1ccc2c(c1)N(CCC(=O)Nc1ccc(F)cc1F)C(=O)CO2. The molecule has 1 aliphatic rings. The van der Waals surface area contributed by atoms with E-state index in [1.165, 1.54) is 4.90 Å². The van der Waals surface area contributed by atoms with Crippen molar-refractivity contribution in [1.82, 2.24) is 0 Å². The number of carbonyl (C=O) groups excluding carboxylic acids is 2. The number of nitrogens with zero attached hydrogens (tertiary/aromatic N) is 1. The van der Waals surface area contributed by atoms with Gasteiger partial charge in [-0.1, -0.05) is 6.07 Å². The maximum atomic E-state index is 13.6. The number of carbonyl (C=O) groups is 2. The molecule has 0 spiro atoms. The Morgan fingerprint density at radius 1 is 1.24 bits per heavy atom. The molecule has 1 aliphatic heterocycles. The maximum Gasteiger partial charge on any atom is 0.265 e. The number of aryl methyl sites for hydroxylation is 1. The first kappa shape index (κ1) is 16.9. The predicted octanol–water partition coefficient (Wildman–Crippen LogP) is 3.03. The molecule has 2 aromatic rings. The van der Waals surface area contributed by atoms with Crippen LogP contribution < -0.4 is 15.0 Å². The van der Waals surface area contributed by atoms with Crippen LogP contribution in [0.1, 0.15) is 12.0 Å². The Balaban J connectivity index is 1.68. The molecule has 0 unspecified atom stereocenters. The van der Waals surface area contributed by atoms with Crippen LogP contribution in [0.4, 0.5) is 20.2 Å². The number of rotatable bonds is 4. The number of anilines is 2. The molecule has 0 saturated carbocycles. The van der Waals surface area contributed by atoms with Crippen molar-refractivity contribution in [3.8, 4) is 5.75 Å². The highest BCUT2D eigenvalue weighted by Crippen LogP contribution is 2.32. The standard InChI is InChI=1S/C18H16F2N2O3/c1-11-2-5-16-15(8-11)22(18(24)10-25-16)7-6-17(23)21-14-4-3-12(19)9-13(14)20/h2-5,8-9H,6-7,10H2,1H3,(H,21,23). The molecule has 7 heteroatoms. The summed E-state index contributed by atoms with van der Waals surface area (Å²) in [5, 5.41) is 2.38.